The highest BCUT2D eigenvalue weighted by Crippen LogP contribution is 2.16. The average Bonchev–Trinajstić information content (AvgIpc) is 2.56. The minimum Gasteiger partial charge on any atom is -0.342 e. The van der Waals surface area contributed by atoms with Gasteiger partial charge in [0, 0.05) is 35.1 Å². The standard InChI is InChI=1S/C18H20BrNO2S/c1-15(21)20(12-11-16-7-5-6-10-18(16)19)13-14-23(22)17-8-3-2-4-9-17/h2-10H,11-14H2,1H3. The summed E-state index contributed by atoms with van der Waals surface area (Å²) in [5.74, 6) is 0.474. The van der Waals surface area contributed by atoms with Crippen molar-refractivity contribution in [3.05, 3.63) is 64.6 Å². The summed E-state index contributed by atoms with van der Waals surface area (Å²) in [6, 6.07) is 17.4. The van der Waals surface area contributed by atoms with Crippen LogP contribution in [-0.2, 0) is 22.0 Å². The summed E-state index contributed by atoms with van der Waals surface area (Å²) in [7, 11) is -1.08. The van der Waals surface area contributed by atoms with E-state index in [2.05, 4.69) is 15.9 Å². The normalized spacial score (nSPS) is 11.9. The predicted octanol–water partition coefficient (Wildman–Crippen LogP) is 3.65. The Labute approximate surface area is 148 Å². The molecule has 2 rings (SSSR count). The lowest BCUT2D eigenvalue weighted by molar-refractivity contribution is -0.128. The molecule has 0 spiro atoms. The molecule has 1 amide bonds. The third-order valence-corrected chi connectivity index (χ3v) is 5.73. The topological polar surface area (TPSA) is 37.4 Å². The number of carbonyl (C=O) groups is 1. The highest BCUT2D eigenvalue weighted by Gasteiger charge is 2.12. The van der Waals surface area contributed by atoms with E-state index >= 15 is 0 Å². The van der Waals surface area contributed by atoms with Gasteiger partial charge in [0.05, 0.1) is 10.8 Å². The first-order chi connectivity index (χ1) is 11.1. The molecule has 1 atom stereocenters. The highest BCUT2D eigenvalue weighted by atomic mass is 79.9. The van der Waals surface area contributed by atoms with E-state index in [1.807, 2.05) is 54.6 Å². The van der Waals surface area contributed by atoms with Gasteiger partial charge in [0.1, 0.15) is 0 Å². The van der Waals surface area contributed by atoms with E-state index < -0.39 is 10.8 Å². The molecule has 0 saturated heterocycles. The van der Waals surface area contributed by atoms with Crippen molar-refractivity contribution in [3.63, 3.8) is 0 Å². The summed E-state index contributed by atoms with van der Waals surface area (Å²) in [6.07, 6.45) is 0.777. The van der Waals surface area contributed by atoms with Gasteiger partial charge in [0.2, 0.25) is 5.91 Å². The van der Waals surface area contributed by atoms with Crippen LogP contribution < -0.4 is 0 Å². The molecule has 0 radical (unpaired) electrons. The van der Waals surface area contributed by atoms with E-state index in [1.54, 1.807) is 11.8 Å². The molecular weight excluding hydrogens is 374 g/mol. The second-order valence-corrected chi connectivity index (χ2v) is 7.64. The number of hydrogen-bond acceptors (Lipinski definition) is 2. The minimum atomic E-state index is -1.08. The van der Waals surface area contributed by atoms with Crippen LogP contribution in [0.4, 0.5) is 0 Å². The maximum Gasteiger partial charge on any atom is 0.219 e. The SMILES string of the molecule is CC(=O)N(CCc1ccccc1Br)CCS(=O)c1ccccc1. The molecule has 0 aliphatic heterocycles. The number of hydrogen-bond donors (Lipinski definition) is 0. The Morgan fingerprint density at radius 3 is 2.35 bits per heavy atom. The molecule has 0 aliphatic rings. The van der Waals surface area contributed by atoms with Crippen LogP contribution >= 0.6 is 15.9 Å². The maximum atomic E-state index is 12.3. The van der Waals surface area contributed by atoms with Crippen LogP contribution in [0.2, 0.25) is 0 Å². The van der Waals surface area contributed by atoms with Crippen molar-refractivity contribution in [1.82, 2.24) is 4.90 Å². The number of rotatable bonds is 7. The largest absolute Gasteiger partial charge is 0.342 e. The molecule has 1 unspecified atom stereocenters. The number of amides is 1. The molecule has 3 nitrogen and oxygen atoms in total. The first-order valence-electron chi connectivity index (χ1n) is 7.50. The number of benzene rings is 2. The Kier molecular flexibility index (Phi) is 6.99. The smallest absolute Gasteiger partial charge is 0.219 e. The lowest BCUT2D eigenvalue weighted by atomic mass is 10.1. The summed E-state index contributed by atoms with van der Waals surface area (Å²) in [5.41, 5.74) is 1.17. The van der Waals surface area contributed by atoms with E-state index in [1.165, 1.54) is 5.56 Å². The van der Waals surface area contributed by atoms with Crippen molar-refractivity contribution >= 4 is 32.6 Å². The van der Waals surface area contributed by atoms with Gasteiger partial charge in [-0.1, -0.05) is 52.3 Å². The monoisotopic (exact) mass is 393 g/mol. The summed E-state index contributed by atoms with van der Waals surface area (Å²) in [6.45, 7) is 2.69. The minimum absolute atomic E-state index is 0.0158. The van der Waals surface area contributed by atoms with Gasteiger partial charge in [-0.2, -0.15) is 0 Å². The first-order valence-corrected chi connectivity index (χ1v) is 9.61. The summed E-state index contributed by atoms with van der Waals surface area (Å²) < 4.78 is 13.3. The molecule has 2 aromatic carbocycles. The molecule has 122 valence electrons. The lowest BCUT2D eigenvalue weighted by Gasteiger charge is -2.21. The molecule has 0 bridgehead atoms. The predicted molar refractivity (Wildman–Crippen MR) is 97.8 cm³/mol. The van der Waals surface area contributed by atoms with Crippen molar-refractivity contribution < 1.29 is 9.00 Å². The lowest BCUT2D eigenvalue weighted by Crippen LogP contribution is -2.34. The zero-order chi connectivity index (χ0) is 16.7. The zero-order valence-electron chi connectivity index (χ0n) is 13.1. The molecule has 0 saturated carbocycles. The fourth-order valence-electron chi connectivity index (χ4n) is 2.27. The van der Waals surface area contributed by atoms with Crippen LogP contribution in [0, 0.1) is 0 Å². The van der Waals surface area contributed by atoms with E-state index in [4.69, 9.17) is 0 Å². The Morgan fingerprint density at radius 2 is 1.70 bits per heavy atom. The van der Waals surface area contributed by atoms with Gasteiger partial charge in [0.25, 0.3) is 0 Å². The van der Waals surface area contributed by atoms with E-state index in [0.29, 0.717) is 18.8 Å². The van der Waals surface area contributed by atoms with Crippen molar-refractivity contribution in [2.45, 2.75) is 18.2 Å². The second-order valence-electron chi connectivity index (χ2n) is 5.21. The summed E-state index contributed by atoms with van der Waals surface area (Å²) >= 11 is 3.52. The fraction of sp³-hybridized carbons (Fsp3) is 0.278. The van der Waals surface area contributed by atoms with Crippen molar-refractivity contribution in [3.8, 4) is 0 Å². The van der Waals surface area contributed by atoms with E-state index in [9.17, 15) is 9.00 Å². The van der Waals surface area contributed by atoms with Crippen LogP contribution in [0.1, 0.15) is 12.5 Å². The molecular formula is C18H20BrNO2S. The molecule has 0 aliphatic carbocycles. The second kappa shape index (κ2) is 8.99. The number of halogens is 1. The molecule has 0 N–H and O–H groups in total. The average molecular weight is 394 g/mol. The zero-order valence-corrected chi connectivity index (χ0v) is 15.5. The number of nitrogens with zero attached hydrogens (tertiary/aromatic N) is 1. The van der Waals surface area contributed by atoms with Crippen molar-refractivity contribution in [1.29, 1.82) is 0 Å². The Bertz CT molecular complexity index is 676. The molecule has 0 aromatic heterocycles. The van der Waals surface area contributed by atoms with Gasteiger partial charge in [0.15, 0.2) is 0 Å². The molecule has 2 aromatic rings. The van der Waals surface area contributed by atoms with Gasteiger partial charge in [-0.15, -0.1) is 0 Å². The molecule has 0 fully saturated rings. The van der Waals surface area contributed by atoms with Crippen LogP contribution in [0.25, 0.3) is 0 Å². The Balaban J connectivity index is 1.90. The Hall–Kier alpha value is -1.46. The molecule has 23 heavy (non-hydrogen) atoms. The summed E-state index contributed by atoms with van der Waals surface area (Å²) in [4.78, 5) is 14.4. The van der Waals surface area contributed by atoms with Crippen molar-refractivity contribution in [2.24, 2.45) is 0 Å². The summed E-state index contributed by atoms with van der Waals surface area (Å²) in [5, 5.41) is 0. The van der Waals surface area contributed by atoms with E-state index in [0.717, 1.165) is 15.8 Å². The molecule has 5 heteroatoms. The third kappa shape index (κ3) is 5.59. The third-order valence-electron chi connectivity index (χ3n) is 3.61. The maximum absolute atomic E-state index is 12.3. The van der Waals surface area contributed by atoms with E-state index in [-0.39, 0.29) is 5.91 Å². The molecule has 0 heterocycles. The first kappa shape index (κ1) is 17.9. The number of carbonyl (C=O) groups excluding carboxylic acids is 1. The Morgan fingerprint density at radius 1 is 1.04 bits per heavy atom. The van der Waals surface area contributed by atoms with Gasteiger partial charge < -0.3 is 4.90 Å². The fourth-order valence-corrected chi connectivity index (χ4v) is 3.83. The van der Waals surface area contributed by atoms with Crippen LogP contribution in [0.3, 0.4) is 0 Å². The van der Waals surface area contributed by atoms with Crippen LogP contribution in [-0.4, -0.2) is 33.9 Å². The van der Waals surface area contributed by atoms with Gasteiger partial charge in [-0.3, -0.25) is 9.00 Å². The van der Waals surface area contributed by atoms with Gasteiger partial charge >= 0.3 is 0 Å². The van der Waals surface area contributed by atoms with Crippen molar-refractivity contribution in [2.75, 3.05) is 18.8 Å². The van der Waals surface area contributed by atoms with Crippen LogP contribution in [0.5, 0.6) is 0 Å². The highest BCUT2D eigenvalue weighted by molar-refractivity contribution is 9.10. The van der Waals surface area contributed by atoms with Gasteiger partial charge in [-0.05, 0) is 30.2 Å². The van der Waals surface area contributed by atoms with Crippen LogP contribution in [0.15, 0.2) is 64.0 Å². The van der Waals surface area contributed by atoms with Gasteiger partial charge in [-0.25, -0.2) is 0 Å². The quantitative estimate of drug-likeness (QED) is 0.719.